The van der Waals surface area contributed by atoms with Crippen LogP contribution in [0.3, 0.4) is 0 Å². The van der Waals surface area contributed by atoms with Crippen molar-refractivity contribution in [3.8, 4) is 5.75 Å². The van der Waals surface area contributed by atoms with Crippen LogP contribution in [-0.4, -0.2) is 52.1 Å². The van der Waals surface area contributed by atoms with Crippen molar-refractivity contribution in [1.29, 1.82) is 0 Å². The Morgan fingerprint density at radius 3 is 2.35 bits per heavy atom. The van der Waals surface area contributed by atoms with Gasteiger partial charge >= 0.3 is 6.15 Å². The summed E-state index contributed by atoms with van der Waals surface area (Å²) in [4.78, 5) is 33.8. The predicted octanol–water partition coefficient (Wildman–Crippen LogP) is 4.77. The van der Waals surface area contributed by atoms with E-state index >= 15 is 0 Å². The number of rotatable bonds is 3. The van der Waals surface area contributed by atoms with Crippen LogP contribution < -0.4 is 4.74 Å². The number of carbonyl (C=O) groups excluding carboxylic acids is 2. The van der Waals surface area contributed by atoms with Crippen molar-refractivity contribution in [3.63, 3.8) is 0 Å². The fraction of sp³-hybridized carbons (Fsp3) is 0.483. The quantitative estimate of drug-likeness (QED) is 0.637. The highest BCUT2D eigenvalue weighted by Crippen LogP contribution is 2.38. The van der Waals surface area contributed by atoms with Crippen LogP contribution in [0.25, 0.3) is 0 Å². The van der Waals surface area contributed by atoms with Gasteiger partial charge in [-0.15, -0.1) is 0 Å². The third-order valence-electron chi connectivity index (χ3n) is 6.91. The van der Waals surface area contributed by atoms with Crippen molar-refractivity contribution in [3.05, 3.63) is 64.7 Å². The van der Waals surface area contributed by atoms with E-state index in [1.54, 1.807) is 0 Å². The SMILES string of the molecule is CC(=O)O.Cc1cc(CN2CCC3(CC2)CC(c2ccccc2)=NO3)cc2c1OC(C)(C)CC2.O=C=O. The summed E-state index contributed by atoms with van der Waals surface area (Å²) in [5.41, 5.74) is 6.17. The lowest BCUT2D eigenvalue weighted by molar-refractivity contribution is -0.191. The van der Waals surface area contributed by atoms with Gasteiger partial charge in [0, 0.05) is 45.8 Å². The zero-order chi connectivity index (χ0) is 27.1. The first-order chi connectivity index (χ1) is 17.6. The summed E-state index contributed by atoms with van der Waals surface area (Å²) in [5.74, 6) is 0.276. The predicted molar refractivity (Wildman–Crippen MR) is 138 cm³/mol. The molecule has 198 valence electrons. The summed E-state index contributed by atoms with van der Waals surface area (Å²) in [7, 11) is 0. The number of carbonyl (C=O) groups is 1. The van der Waals surface area contributed by atoms with Gasteiger partial charge in [-0.05, 0) is 55.9 Å². The Balaban J connectivity index is 0.000000488. The van der Waals surface area contributed by atoms with Crippen LogP contribution >= 0.6 is 0 Å². The molecule has 0 aliphatic carbocycles. The third-order valence-corrected chi connectivity index (χ3v) is 6.91. The molecule has 1 N–H and O–H groups in total. The number of carboxylic acids is 1. The highest BCUT2D eigenvalue weighted by Gasteiger charge is 2.42. The first-order valence-corrected chi connectivity index (χ1v) is 12.6. The molecule has 0 radical (unpaired) electrons. The summed E-state index contributed by atoms with van der Waals surface area (Å²) < 4.78 is 6.26. The maximum absolute atomic E-state index is 9.00. The molecule has 8 heteroatoms. The number of piperidine rings is 1. The molecule has 0 unspecified atom stereocenters. The molecular formula is C29H36N2O6. The Morgan fingerprint density at radius 2 is 1.73 bits per heavy atom. The van der Waals surface area contributed by atoms with Gasteiger partial charge in [0.15, 0.2) is 0 Å². The van der Waals surface area contributed by atoms with Crippen LogP contribution in [-0.2, 0) is 32.2 Å². The van der Waals surface area contributed by atoms with Gasteiger partial charge in [0.2, 0.25) is 0 Å². The average Bonchev–Trinajstić information content (AvgIpc) is 3.26. The Kier molecular flexibility index (Phi) is 9.24. The van der Waals surface area contributed by atoms with Crippen LogP contribution in [0, 0.1) is 6.92 Å². The zero-order valence-corrected chi connectivity index (χ0v) is 22.1. The van der Waals surface area contributed by atoms with Gasteiger partial charge in [-0.2, -0.15) is 9.59 Å². The third kappa shape index (κ3) is 7.75. The first-order valence-electron chi connectivity index (χ1n) is 12.6. The Labute approximate surface area is 218 Å². The average molecular weight is 509 g/mol. The lowest BCUT2D eigenvalue weighted by atomic mass is 9.85. The second-order valence-corrected chi connectivity index (χ2v) is 10.5. The van der Waals surface area contributed by atoms with Gasteiger partial charge in [-0.3, -0.25) is 9.69 Å². The highest BCUT2D eigenvalue weighted by atomic mass is 16.7. The highest BCUT2D eigenvalue weighted by molar-refractivity contribution is 6.01. The standard InChI is InChI=1S/C26H32N2O2.C2H4O2.CO2/c1-19-15-20(16-22-9-10-25(2,3)29-24(19)22)18-28-13-11-26(12-14-28)17-23(27-30-26)21-7-5-4-6-8-21;1-2(3)4;2-1-3/h4-8,15-16H,9-14,17-18H2,1-3H3;1H3,(H,3,4);. The van der Waals surface area contributed by atoms with Gasteiger partial charge < -0.3 is 14.7 Å². The van der Waals surface area contributed by atoms with E-state index in [1.807, 2.05) is 6.07 Å². The zero-order valence-electron chi connectivity index (χ0n) is 22.1. The number of aryl methyl sites for hydroxylation is 2. The second-order valence-electron chi connectivity index (χ2n) is 10.5. The number of benzene rings is 2. The van der Waals surface area contributed by atoms with Gasteiger partial charge in [0.05, 0.1) is 5.71 Å². The number of carboxylic acid groups (broad SMARTS) is 1. The van der Waals surface area contributed by atoms with Crippen molar-refractivity contribution < 1.29 is 29.1 Å². The summed E-state index contributed by atoms with van der Waals surface area (Å²) in [6.07, 6.45) is 5.43. The van der Waals surface area contributed by atoms with Crippen molar-refractivity contribution in [1.82, 2.24) is 4.90 Å². The monoisotopic (exact) mass is 508 g/mol. The molecule has 5 rings (SSSR count). The Hall–Kier alpha value is -3.48. The normalized spacial score (nSPS) is 18.9. The van der Waals surface area contributed by atoms with E-state index in [9.17, 15) is 0 Å². The maximum atomic E-state index is 9.00. The molecule has 3 heterocycles. The van der Waals surface area contributed by atoms with Crippen LogP contribution in [0.2, 0.25) is 0 Å². The molecule has 0 atom stereocenters. The molecule has 0 amide bonds. The molecule has 0 aromatic heterocycles. The lowest BCUT2D eigenvalue weighted by Gasteiger charge is -2.37. The number of hydrogen-bond donors (Lipinski definition) is 1. The van der Waals surface area contributed by atoms with Crippen molar-refractivity contribution in [2.45, 2.75) is 77.5 Å². The van der Waals surface area contributed by atoms with Crippen molar-refractivity contribution >= 4 is 17.8 Å². The van der Waals surface area contributed by atoms with Crippen molar-refractivity contribution in [2.75, 3.05) is 13.1 Å². The van der Waals surface area contributed by atoms with E-state index in [0.29, 0.717) is 0 Å². The molecule has 1 spiro atoms. The largest absolute Gasteiger partial charge is 0.487 e. The topological polar surface area (TPSA) is 106 Å². The minimum atomic E-state index is -0.833. The number of aliphatic carboxylic acids is 1. The molecular weight excluding hydrogens is 472 g/mol. The summed E-state index contributed by atoms with van der Waals surface area (Å²) in [6.45, 7) is 10.7. The molecule has 3 aliphatic rings. The Bertz CT molecular complexity index is 1140. The number of ether oxygens (including phenoxy) is 1. The lowest BCUT2D eigenvalue weighted by Crippen LogP contribution is -2.44. The van der Waals surface area contributed by atoms with Gasteiger partial charge in [-0.25, -0.2) is 0 Å². The second kappa shape index (κ2) is 12.2. The van der Waals surface area contributed by atoms with Gasteiger partial charge in [0.1, 0.15) is 17.0 Å². The summed E-state index contributed by atoms with van der Waals surface area (Å²) in [6, 6.07) is 15.1. The molecule has 3 aliphatic heterocycles. The van der Waals surface area contributed by atoms with E-state index in [1.165, 1.54) is 22.3 Å². The molecule has 1 saturated heterocycles. The minimum absolute atomic E-state index is 0.0532. The van der Waals surface area contributed by atoms with Crippen LogP contribution in [0.5, 0.6) is 5.75 Å². The number of hydrogen-bond acceptors (Lipinski definition) is 7. The molecule has 2 aromatic rings. The molecule has 0 saturated carbocycles. The van der Waals surface area contributed by atoms with E-state index in [-0.39, 0.29) is 17.4 Å². The smallest absolute Gasteiger partial charge is 0.373 e. The van der Waals surface area contributed by atoms with Crippen LogP contribution in [0.1, 0.15) is 68.7 Å². The van der Waals surface area contributed by atoms with Crippen molar-refractivity contribution in [2.24, 2.45) is 5.16 Å². The number of fused-ring (bicyclic) bond motifs is 1. The van der Waals surface area contributed by atoms with Crippen LogP contribution in [0.4, 0.5) is 0 Å². The number of nitrogens with zero attached hydrogens (tertiary/aromatic N) is 2. The summed E-state index contributed by atoms with van der Waals surface area (Å²) >= 11 is 0. The van der Waals surface area contributed by atoms with Gasteiger partial charge in [0.25, 0.3) is 5.97 Å². The van der Waals surface area contributed by atoms with E-state index in [0.717, 1.165) is 70.1 Å². The van der Waals surface area contributed by atoms with E-state index < -0.39 is 5.97 Å². The summed E-state index contributed by atoms with van der Waals surface area (Å²) in [5, 5.41) is 11.9. The fourth-order valence-electron chi connectivity index (χ4n) is 5.07. The first kappa shape index (κ1) is 28.1. The number of likely N-dealkylation sites (tertiary alicyclic amines) is 1. The molecule has 37 heavy (non-hydrogen) atoms. The number of oxime groups is 1. The molecule has 2 aromatic carbocycles. The minimum Gasteiger partial charge on any atom is -0.487 e. The van der Waals surface area contributed by atoms with Gasteiger partial charge in [-0.1, -0.05) is 47.6 Å². The van der Waals surface area contributed by atoms with E-state index in [4.69, 9.17) is 29.1 Å². The Morgan fingerprint density at radius 1 is 1.11 bits per heavy atom. The van der Waals surface area contributed by atoms with E-state index in [2.05, 4.69) is 67.2 Å². The molecule has 1 fully saturated rings. The van der Waals surface area contributed by atoms with Crippen LogP contribution in [0.15, 0.2) is 47.6 Å². The fourth-order valence-corrected chi connectivity index (χ4v) is 5.07. The molecule has 8 nitrogen and oxygen atoms in total. The maximum Gasteiger partial charge on any atom is 0.373 e. The molecule has 0 bridgehead atoms.